The van der Waals surface area contributed by atoms with Gasteiger partial charge in [0.25, 0.3) is 0 Å². The molecule has 0 radical (unpaired) electrons. The maximum Gasteiger partial charge on any atom is 0.419 e. The van der Waals surface area contributed by atoms with E-state index < -0.39 is 11.7 Å². The number of rotatable bonds is 8. The first-order chi connectivity index (χ1) is 16.1. The Balaban J connectivity index is 0.00000432. The fraction of sp³-hybridized carbons (Fsp3) is 0.560. The topological polar surface area (TPSA) is 79.4 Å². The van der Waals surface area contributed by atoms with Gasteiger partial charge in [-0.15, -0.1) is 0 Å². The lowest BCUT2D eigenvalue weighted by molar-refractivity contribution is -0.139. The van der Waals surface area contributed by atoms with Crippen LogP contribution in [0.4, 0.5) is 24.8 Å². The van der Waals surface area contributed by atoms with Gasteiger partial charge in [0.05, 0.1) is 24.1 Å². The smallest absolute Gasteiger partial charge is 0.419 e. The van der Waals surface area contributed by atoms with Crippen LogP contribution in [0.25, 0.3) is 0 Å². The Hall–Kier alpha value is -2.88. The molecule has 3 rings (SSSR count). The zero-order chi connectivity index (χ0) is 24.9. The summed E-state index contributed by atoms with van der Waals surface area (Å²) in [7, 11) is 5.45. The lowest BCUT2D eigenvalue weighted by Gasteiger charge is -2.32. The van der Waals surface area contributed by atoms with Crippen LogP contribution >= 0.6 is 0 Å². The van der Waals surface area contributed by atoms with E-state index in [-0.39, 0.29) is 43.4 Å². The van der Waals surface area contributed by atoms with Crippen molar-refractivity contribution in [2.24, 2.45) is 5.92 Å². The van der Waals surface area contributed by atoms with Crippen LogP contribution in [-0.4, -0.2) is 48.0 Å². The Morgan fingerprint density at radius 2 is 1.94 bits per heavy atom. The number of carbonyl (C=O) groups is 1. The van der Waals surface area contributed by atoms with Gasteiger partial charge in [-0.2, -0.15) is 13.2 Å². The van der Waals surface area contributed by atoms with Gasteiger partial charge in [0.1, 0.15) is 5.75 Å². The van der Waals surface area contributed by atoms with Gasteiger partial charge < -0.3 is 20.3 Å². The molecule has 1 aromatic heterocycles. The van der Waals surface area contributed by atoms with Crippen molar-refractivity contribution in [2.75, 3.05) is 26.5 Å². The number of ether oxygens (including phenoxy) is 1. The molecule has 1 aliphatic carbocycles. The van der Waals surface area contributed by atoms with Crippen molar-refractivity contribution in [3.8, 4) is 5.75 Å². The van der Waals surface area contributed by atoms with E-state index in [1.54, 1.807) is 6.07 Å². The SMILES string of the molecule is C.COc1cc(CN(C)C)ccc1Nc1ncc(C(F)(F)F)c(C[C@@H]2CCCC[C@H]2NC(C)=O)n1. The van der Waals surface area contributed by atoms with E-state index in [2.05, 4.69) is 20.6 Å². The molecule has 35 heavy (non-hydrogen) atoms. The van der Waals surface area contributed by atoms with Gasteiger partial charge in [-0.25, -0.2) is 9.97 Å². The zero-order valence-electron chi connectivity index (χ0n) is 20.0. The molecule has 0 spiro atoms. The molecule has 0 aliphatic heterocycles. The average molecular weight is 496 g/mol. The normalized spacial score (nSPS) is 18.1. The number of nitrogens with zero attached hydrogens (tertiary/aromatic N) is 3. The van der Waals surface area contributed by atoms with E-state index in [1.165, 1.54) is 14.0 Å². The van der Waals surface area contributed by atoms with E-state index in [1.807, 2.05) is 31.1 Å². The second kappa shape index (κ2) is 12.2. The zero-order valence-corrected chi connectivity index (χ0v) is 20.0. The van der Waals surface area contributed by atoms with Crippen molar-refractivity contribution >= 4 is 17.5 Å². The number of nitrogens with one attached hydrogen (secondary N) is 2. The Kier molecular flexibility index (Phi) is 9.88. The molecule has 1 aliphatic rings. The van der Waals surface area contributed by atoms with Gasteiger partial charge in [-0.05, 0) is 57.0 Å². The lowest BCUT2D eigenvalue weighted by Crippen LogP contribution is -2.42. The summed E-state index contributed by atoms with van der Waals surface area (Å²) in [6, 6.07) is 5.42. The highest BCUT2D eigenvalue weighted by atomic mass is 19.4. The number of amides is 1. The monoisotopic (exact) mass is 495 g/mol. The summed E-state index contributed by atoms with van der Waals surface area (Å²) in [4.78, 5) is 21.8. The lowest BCUT2D eigenvalue weighted by atomic mass is 9.81. The Morgan fingerprint density at radius 3 is 2.57 bits per heavy atom. The van der Waals surface area contributed by atoms with E-state index >= 15 is 0 Å². The fourth-order valence-electron chi connectivity index (χ4n) is 4.44. The molecule has 0 bridgehead atoms. The Labute approximate surface area is 205 Å². The van der Waals surface area contributed by atoms with Gasteiger partial charge >= 0.3 is 6.18 Å². The predicted molar refractivity (Wildman–Crippen MR) is 131 cm³/mol. The summed E-state index contributed by atoms with van der Waals surface area (Å²) < 4.78 is 46.7. The number of alkyl halides is 3. The van der Waals surface area contributed by atoms with Crippen molar-refractivity contribution in [1.82, 2.24) is 20.2 Å². The van der Waals surface area contributed by atoms with Gasteiger partial charge in [0.2, 0.25) is 11.9 Å². The molecule has 1 heterocycles. The van der Waals surface area contributed by atoms with E-state index in [4.69, 9.17) is 4.74 Å². The van der Waals surface area contributed by atoms with Gasteiger partial charge in [-0.1, -0.05) is 26.3 Å². The highest BCUT2D eigenvalue weighted by molar-refractivity contribution is 5.73. The number of halogens is 3. The number of methoxy groups -OCH3 is 1. The standard InChI is InChI=1S/C24H32F3N5O2.CH4/c1-15(33)29-19-8-6-5-7-17(19)12-21-18(24(25,26)27)13-28-23(31-21)30-20-10-9-16(14-32(2)3)11-22(20)34-4;/h9-11,13,17,19H,5-8,12,14H2,1-4H3,(H,29,33)(H,28,30,31);1H4/t17-,19+;/m0./s1. The minimum Gasteiger partial charge on any atom is -0.495 e. The van der Waals surface area contributed by atoms with Crippen molar-refractivity contribution in [1.29, 1.82) is 0 Å². The number of anilines is 2. The van der Waals surface area contributed by atoms with Crippen LogP contribution < -0.4 is 15.4 Å². The van der Waals surface area contributed by atoms with Crippen LogP contribution in [0.1, 0.15) is 56.9 Å². The Bertz CT molecular complexity index is 998. The quantitative estimate of drug-likeness (QED) is 0.525. The molecule has 2 atom stereocenters. The van der Waals surface area contributed by atoms with Crippen molar-refractivity contribution in [3.63, 3.8) is 0 Å². The third kappa shape index (κ3) is 7.81. The largest absolute Gasteiger partial charge is 0.495 e. The minimum absolute atomic E-state index is 0. The minimum atomic E-state index is -4.57. The summed E-state index contributed by atoms with van der Waals surface area (Å²) in [5.41, 5.74) is 0.668. The molecule has 194 valence electrons. The molecular formula is C25H36F3N5O2. The van der Waals surface area contributed by atoms with Gasteiger partial charge in [0.15, 0.2) is 0 Å². The van der Waals surface area contributed by atoms with Crippen LogP contribution in [0.3, 0.4) is 0 Å². The third-order valence-electron chi connectivity index (χ3n) is 5.94. The molecule has 2 N–H and O–H groups in total. The molecule has 10 heteroatoms. The molecule has 1 amide bonds. The summed E-state index contributed by atoms with van der Waals surface area (Å²) in [6.07, 6.45) is -0.307. The predicted octanol–water partition coefficient (Wildman–Crippen LogP) is 5.18. The van der Waals surface area contributed by atoms with E-state index in [0.29, 0.717) is 18.0 Å². The first-order valence-corrected chi connectivity index (χ1v) is 11.4. The number of hydrogen-bond donors (Lipinski definition) is 2. The number of hydrogen-bond acceptors (Lipinski definition) is 6. The maximum absolute atomic E-state index is 13.7. The maximum atomic E-state index is 13.7. The van der Waals surface area contributed by atoms with Crippen LogP contribution in [-0.2, 0) is 23.9 Å². The molecule has 0 unspecified atom stereocenters. The Morgan fingerprint density at radius 1 is 1.23 bits per heavy atom. The second-order valence-electron chi connectivity index (χ2n) is 9.00. The van der Waals surface area contributed by atoms with Crippen LogP contribution in [0.2, 0.25) is 0 Å². The highest BCUT2D eigenvalue weighted by Crippen LogP contribution is 2.36. The molecule has 7 nitrogen and oxygen atoms in total. The van der Waals surface area contributed by atoms with Crippen molar-refractivity contribution < 1.29 is 22.7 Å². The summed E-state index contributed by atoms with van der Waals surface area (Å²) in [6.45, 7) is 2.14. The van der Waals surface area contributed by atoms with Gasteiger partial charge in [-0.3, -0.25) is 4.79 Å². The van der Waals surface area contributed by atoms with Crippen LogP contribution in [0, 0.1) is 5.92 Å². The molecule has 2 aromatic rings. The first-order valence-electron chi connectivity index (χ1n) is 11.4. The van der Waals surface area contributed by atoms with Crippen molar-refractivity contribution in [2.45, 2.75) is 65.2 Å². The van der Waals surface area contributed by atoms with E-state index in [0.717, 1.165) is 37.4 Å². The highest BCUT2D eigenvalue weighted by Gasteiger charge is 2.37. The van der Waals surface area contributed by atoms with Crippen LogP contribution in [0.15, 0.2) is 24.4 Å². The molecular weight excluding hydrogens is 459 g/mol. The number of aromatic nitrogens is 2. The average Bonchev–Trinajstić information content (AvgIpc) is 2.75. The molecule has 0 saturated heterocycles. The van der Waals surface area contributed by atoms with Crippen LogP contribution in [0.5, 0.6) is 5.75 Å². The third-order valence-corrected chi connectivity index (χ3v) is 5.94. The molecule has 1 aromatic carbocycles. The second-order valence-corrected chi connectivity index (χ2v) is 9.00. The fourth-order valence-corrected chi connectivity index (χ4v) is 4.44. The summed E-state index contributed by atoms with van der Waals surface area (Å²) in [5.74, 6) is 0.306. The summed E-state index contributed by atoms with van der Waals surface area (Å²) >= 11 is 0. The number of benzene rings is 1. The number of carbonyl (C=O) groups excluding carboxylic acids is 1. The summed E-state index contributed by atoms with van der Waals surface area (Å²) in [5, 5.41) is 5.91. The van der Waals surface area contributed by atoms with Gasteiger partial charge in [0, 0.05) is 25.7 Å². The first kappa shape index (κ1) is 28.4. The van der Waals surface area contributed by atoms with Crippen molar-refractivity contribution in [3.05, 3.63) is 41.2 Å². The molecule has 1 saturated carbocycles. The molecule has 1 fully saturated rings. The van der Waals surface area contributed by atoms with E-state index in [9.17, 15) is 18.0 Å².